The summed E-state index contributed by atoms with van der Waals surface area (Å²) < 4.78 is 55.2. The first-order chi connectivity index (χ1) is 14.5. The van der Waals surface area contributed by atoms with Gasteiger partial charge >= 0.3 is 0 Å². The summed E-state index contributed by atoms with van der Waals surface area (Å²) in [5, 5.41) is 0. The lowest BCUT2D eigenvalue weighted by atomic mass is 9.90. The van der Waals surface area contributed by atoms with E-state index in [1.54, 1.807) is 13.0 Å². The van der Waals surface area contributed by atoms with Gasteiger partial charge in [-0.1, -0.05) is 44.7 Å². The predicted octanol–water partition coefficient (Wildman–Crippen LogP) is 7.61. The fourth-order valence-corrected chi connectivity index (χ4v) is 4.13. The van der Waals surface area contributed by atoms with Crippen molar-refractivity contribution in [3.05, 3.63) is 53.3 Å². The number of hydrogen-bond acceptors (Lipinski definition) is 2. The molecule has 1 aliphatic heterocycles. The van der Waals surface area contributed by atoms with Crippen LogP contribution in [0.2, 0.25) is 0 Å². The molecule has 5 heteroatoms. The first kappa shape index (κ1) is 22.7. The second kappa shape index (κ2) is 10.9. The van der Waals surface area contributed by atoms with E-state index in [-0.39, 0.29) is 16.7 Å². The van der Waals surface area contributed by atoms with Crippen molar-refractivity contribution < 1.29 is 22.6 Å². The smallest absolute Gasteiger partial charge is 0.167 e. The molecule has 0 spiro atoms. The van der Waals surface area contributed by atoms with E-state index in [9.17, 15) is 13.2 Å². The minimum Gasteiger partial charge on any atom is -0.494 e. The number of rotatable bonds is 9. The van der Waals surface area contributed by atoms with Crippen LogP contribution in [0.25, 0.3) is 11.1 Å². The number of ether oxygens (including phenoxy) is 2. The standard InChI is InChI=1S/C25H31F3O2/c1-3-5-6-7-8-17-9-14-23(30-16-17)21-13-12-20(24(27)25(21)28)19-11-10-18(29-4-2)15-22(19)26/h10-13,15,17,23H,3-9,14,16H2,1-2H3. The molecule has 1 heterocycles. The van der Waals surface area contributed by atoms with Crippen molar-refractivity contribution in [2.45, 2.75) is 64.9 Å². The second-order valence-electron chi connectivity index (χ2n) is 8.02. The Balaban J connectivity index is 1.69. The van der Waals surface area contributed by atoms with Gasteiger partial charge in [-0.15, -0.1) is 0 Å². The highest BCUT2D eigenvalue weighted by atomic mass is 19.2. The highest BCUT2D eigenvalue weighted by Crippen LogP contribution is 2.37. The Morgan fingerprint density at radius 2 is 1.73 bits per heavy atom. The van der Waals surface area contributed by atoms with Gasteiger partial charge < -0.3 is 9.47 Å². The van der Waals surface area contributed by atoms with Crippen molar-refractivity contribution in [3.63, 3.8) is 0 Å². The van der Waals surface area contributed by atoms with E-state index < -0.39 is 23.6 Å². The van der Waals surface area contributed by atoms with Gasteiger partial charge in [0.2, 0.25) is 0 Å². The molecule has 1 fully saturated rings. The zero-order chi connectivity index (χ0) is 21.5. The van der Waals surface area contributed by atoms with E-state index in [1.807, 2.05) is 0 Å². The Morgan fingerprint density at radius 3 is 2.40 bits per heavy atom. The summed E-state index contributed by atoms with van der Waals surface area (Å²) in [6, 6.07) is 7.12. The van der Waals surface area contributed by atoms with Gasteiger partial charge in [-0.25, -0.2) is 13.2 Å². The minimum absolute atomic E-state index is 0.0121. The van der Waals surface area contributed by atoms with Crippen LogP contribution in [0, 0.1) is 23.4 Å². The van der Waals surface area contributed by atoms with Crippen LogP contribution in [0.5, 0.6) is 5.75 Å². The summed E-state index contributed by atoms with van der Waals surface area (Å²) in [6.45, 7) is 4.96. The molecule has 2 aromatic rings. The van der Waals surface area contributed by atoms with Gasteiger partial charge in [-0.05, 0) is 44.2 Å². The molecule has 1 saturated heterocycles. The summed E-state index contributed by atoms with van der Waals surface area (Å²) in [6.07, 6.45) is 7.19. The van der Waals surface area contributed by atoms with Gasteiger partial charge in [-0.2, -0.15) is 0 Å². The van der Waals surface area contributed by atoms with Gasteiger partial charge in [0.15, 0.2) is 11.6 Å². The zero-order valence-electron chi connectivity index (χ0n) is 17.9. The molecule has 0 aromatic heterocycles. The number of benzene rings is 2. The molecule has 0 bridgehead atoms. The van der Waals surface area contributed by atoms with Crippen LogP contribution in [-0.2, 0) is 4.74 Å². The Hall–Kier alpha value is -2.01. The Kier molecular flexibility index (Phi) is 8.20. The first-order valence-corrected chi connectivity index (χ1v) is 11.1. The fourth-order valence-electron chi connectivity index (χ4n) is 4.13. The Labute approximate surface area is 177 Å². The fraction of sp³-hybridized carbons (Fsp3) is 0.520. The monoisotopic (exact) mass is 420 g/mol. The van der Waals surface area contributed by atoms with Gasteiger partial charge in [0.05, 0.1) is 19.3 Å². The maximum Gasteiger partial charge on any atom is 0.167 e. The lowest BCUT2D eigenvalue weighted by Crippen LogP contribution is -2.21. The Bertz CT molecular complexity index is 829. The molecule has 164 valence electrons. The van der Waals surface area contributed by atoms with Crippen LogP contribution in [0.3, 0.4) is 0 Å². The minimum atomic E-state index is -1.04. The van der Waals surface area contributed by atoms with Gasteiger partial charge in [0.1, 0.15) is 11.6 Å². The van der Waals surface area contributed by atoms with Crippen LogP contribution < -0.4 is 4.74 Å². The third kappa shape index (κ3) is 5.37. The van der Waals surface area contributed by atoms with Crippen molar-refractivity contribution in [2.24, 2.45) is 5.92 Å². The molecule has 1 aliphatic rings. The molecule has 2 unspecified atom stereocenters. The summed E-state index contributed by atoms with van der Waals surface area (Å²) in [4.78, 5) is 0. The molecule has 0 N–H and O–H groups in total. The maximum atomic E-state index is 14.8. The highest BCUT2D eigenvalue weighted by Gasteiger charge is 2.27. The molecule has 0 radical (unpaired) electrons. The second-order valence-corrected chi connectivity index (χ2v) is 8.02. The lowest BCUT2D eigenvalue weighted by Gasteiger charge is -2.30. The van der Waals surface area contributed by atoms with Crippen LogP contribution in [0.4, 0.5) is 13.2 Å². The van der Waals surface area contributed by atoms with Crippen LogP contribution in [-0.4, -0.2) is 13.2 Å². The van der Waals surface area contributed by atoms with Crippen molar-refractivity contribution in [3.8, 4) is 16.9 Å². The van der Waals surface area contributed by atoms with E-state index in [1.165, 1.54) is 49.9 Å². The normalized spacial score (nSPS) is 19.1. The largest absolute Gasteiger partial charge is 0.494 e. The van der Waals surface area contributed by atoms with E-state index in [4.69, 9.17) is 9.47 Å². The molecule has 0 saturated carbocycles. The Morgan fingerprint density at radius 1 is 0.933 bits per heavy atom. The average Bonchev–Trinajstić information content (AvgIpc) is 2.75. The topological polar surface area (TPSA) is 18.5 Å². The van der Waals surface area contributed by atoms with Gasteiger partial charge in [-0.3, -0.25) is 0 Å². The van der Waals surface area contributed by atoms with Crippen molar-refractivity contribution in [1.82, 2.24) is 0 Å². The summed E-state index contributed by atoms with van der Waals surface area (Å²) in [5.74, 6) is -1.79. The lowest BCUT2D eigenvalue weighted by molar-refractivity contribution is -0.0218. The molecule has 30 heavy (non-hydrogen) atoms. The summed E-state index contributed by atoms with van der Waals surface area (Å²) in [5.41, 5.74) is 0.131. The number of halogens is 3. The van der Waals surface area contributed by atoms with E-state index >= 15 is 0 Å². The van der Waals surface area contributed by atoms with Crippen molar-refractivity contribution in [2.75, 3.05) is 13.2 Å². The van der Waals surface area contributed by atoms with Crippen LogP contribution >= 0.6 is 0 Å². The summed E-state index contributed by atoms with van der Waals surface area (Å²) in [7, 11) is 0. The third-order valence-electron chi connectivity index (χ3n) is 5.84. The van der Waals surface area contributed by atoms with Crippen molar-refractivity contribution >= 4 is 0 Å². The molecular weight excluding hydrogens is 389 g/mol. The van der Waals surface area contributed by atoms with Crippen LogP contribution in [0.1, 0.15) is 70.5 Å². The maximum absolute atomic E-state index is 14.8. The first-order valence-electron chi connectivity index (χ1n) is 11.1. The number of hydrogen-bond donors (Lipinski definition) is 0. The quantitative estimate of drug-likeness (QED) is 0.389. The van der Waals surface area contributed by atoms with E-state index in [2.05, 4.69) is 6.92 Å². The highest BCUT2D eigenvalue weighted by molar-refractivity contribution is 5.66. The molecular formula is C25H31F3O2. The summed E-state index contributed by atoms with van der Waals surface area (Å²) >= 11 is 0. The molecule has 2 nitrogen and oxygen atoms in total. The van der Waals surface area contributed by atoms with E-state index in [0.717, 1.165) is 12.8 Å². The SMILES string of the molecule is CCCCCCC1CCC(c2ccc(-c3ccc(OCC)cc3F)c(F)c2F)OC1. The molecule has 2 aromatic carbocycles. The van der Waals surface area contributed by atoms with Gasteiger partial charge in [0.25, 0.3) is 0 Å². The predicted molar refractivity (Wildman–Crippen MR) is 113 cm³/mol. The van der Waals surface area contributed by atoms with Gasteiger partial charge in [0, 0.05) is 22.8 Å². The molecule has 0 aliphatic carbocycles. The van der Waals surface area contributed by atoms with Crippen molar-refractivity contribution in [1.29, 1.82) is 0 Å². The number of unbranched alkanes of at least 4 members (excludes halogenated alkanes) is 3. The molecule has 3 rings (SSSR count). The molecule has 2 atom stereocenters. The van der Waals surface area contributed by atoms with Crippen LogP contribution in [0.15, 0.2) is 30.3 Å². The van der Waals surface area contributed by atoms with E-state index in [0.29, 0.717) is 31.3 Å². The zero-order valence-corrected chi connectivity index (χ0v) is 17.9. The average molecular weight is 421 g/mol. The third-order valence-corrected chi connectivity index (χ3v) is 5.84. The molecule has 0 amide bonds.